The monoisotopic (exact) mass is 412 g/mol. The summed E-state index contributed by atoms with van der Waals surface area (Å²) in [6, 6.07) is 2.30. The van der Waals surface area contributed by atoms with E-state index in [1.165, 1.54) is 44.9 Å². The van der Waals surface area contributed by atoms with Gasteiger partial charge in [0.25, 0.3) is 0 Å². The highest BCUT2D eigenvalue weighted by atomic mass is 28.3. The minimum atomic E-state index is -1.06. The van der Waals surface area contributed by atoms with Gasteiger partial charge in [0, 0.05) is 41.8 Å². The summed E-state index contributed by atoms with van der Waals surface area (Å²) in [7, 11) is -2.11. The van der Waals surface area contributed by atoms with Crippen LogP contribution in [0.2, 0.25) is 51.4 Å². The fourth-order valence-electron chi connectivity index (χ4n) is 3.16. The Morgan fingerprint density at radius 1 is 0.444 bits per heavy atom. The van der Waals surface area contributed by atoms with Crippen molar-refractivity contribution in [2.45, 2.75) is 135 Å². The number of unbranched alkanes of at least 4 members (excludes halogenated alkanes) is 8. The first-order chi connectivity index (χ1) is 12.5. The first kappa shape index (κ1) is 26.8. The van der Waals surface area contributed by atoms with E-state index >= 15 is 0 Å². The lowest BCUT2D eigenvalue weighted by Gasteiger charge is -2.14. The molecule has 0 radical (unpaired) electrons. The predicted molar refractivity (Wildman–Crippen MR) is 126 cm³/mol. The topological polar surface area (TPSA) is 34.1 Å². The molecule has 0 aromatic rings. The average Bonchev–Trinajstić information content (AvgIpc) is 2.54. The lowest BCUT2D eigenvalue weighted by atomic mass is 10.0. The Labute approximate surface area is 172 Å². The Hall–Kier alpha value is -0.226. The molecule has 0 fully saturated rings. The van der Waals surface area contributed by atoms with Crippen LogP contribution in [0.3, 0.4) is 0 Å². The fraction of sp³-hybridized carbons (Fsp3) is 0.913. The summed E-state index contributed by atoms with van der Waals surface area (Å²) in [5.74, 6) is 0.966. The number of hydrogen-bond donors (Lipinski definition) is 0. The van der Waals surface area contributed by atoms with Crippen molar-refractivity contribution < 1.29 is 9.59 Å². The van der Waals surface area contributed by atoms with Gasteiger partial charge in [-0.2, -0.15) is 0 Å². The van der Waals surface area contributed by atoms with Crippen LogP contribution in [0.15, 0.2) is 0 Å². The van der Waals surface area contributed by atoms with Gasteiger partial charge in [-0.05, 0) is 12.8 Å². The Morgan fingerprint density at radius 2 is 0.704 bits per heavy atom. The molecule has 0 spiro atoms. The van der Waals surface area contributed by atoms with Gasteiger partial charge in [-0.15, -0.1) is 0 Å². The van der Waals surface area contributed by atoms with Gasteiger partial charge in [0.15, 0.2) is 0 Å². The lowest BCUT2D eigenvalue weighted by Crippen LogP contribution is -2.20. The zero-order valence-corrected chi connectivity index (χ0v) is 21.4. The smallest absolute Gasteiger partial charge is 0.132 e. The van der Waals surface area contributed by atoms with Crippen LogP contribution in [-0.4, -0.2) is 27.7 Å². The SMILES string of the molecule is C[Si](C)(C)CCC(=O)CCCCCCCCCCCC(=O)CC[Si](C)(C)C. The molecular weight excluding hydrogens is 364 g/mol. The van der Waals surface area contributed by atoms with E-state index < -0.39 is 16.1 Å². The summed E-state index contributed by atoms with van der Waals surface area (Å²) in [5.41, 5.74) is 0. The van der Waals surface area contributed by atoms with Crippen LogP contribution >= 0.6 is 0 Å². The maximum atomic E-state index is 11.9. The zero-order valence-electron chi connectivity index (χ0n) is 19.4. The molecule has 0 aliphatic carbocycles. The third-order valence-electron chi connectivity index (χ3n) is 5.22. The van der Waals surface area contributed by atoms with E-state index in [2.05, 4.69) is 39.3 Å². The first-order valence-corrected chi connectivity index (χ1v) is 18.9. The van der Waals surface area contributed by atoms with Crippen LogP contribution in [0.4, 0.5) is 0 Å². The number of rotatable bonds is 18. The molecule has 2 nitrogen and oxygen atoms in total. The van der Waals surface area contributed by atoms with Gasteiger partial charge in [0.05, 0.1) is 0 Å². The van der Waals surface area contributed by atoms with E-state index in [0.29, 0.717) is 11.6 Å². The van der Waals surface area contributed by atoms with Crippen molar-refractivity contribution in [2.75, 3.05) is 0 Å². The second-order valence-electron chi connectivity index (χ2n) is 10.9. The number of carbonyl (C=O) groups is 2. The average molecular weight is 413 g/mol. The summed E-state index contributed by atoms with van der Waals surface area (Å²) in [6.45, 7) is 14.0. The number of hydrogen-bond acceptors (Lipinski definition) is 2. The van der Waals surface area contributed by atoms with Crippen molar-refractivity contribution in [1.82, 2.24) is 0 Å². The van der Waals surface area contributed by atoms with Gasteiger partial charge in [-0.25, -0.2) is 0 Å². The van der Waals surface area contributed by atoms with Crippen LogP contribution in [0, 0.1) is 0 Å². The molecular formula is C23H48O2Si2. The maximum Gasteiger partial charge on any atom is 0.132 e. The highest BCUT2D eigenvalue weighted by molar-refractivity contribution is 6.76. The second-order valence-corrected chi connectivity index (χ2v) is 22.1. The van der Waals surface area contributed by atoms with Gasteiger partial charge in [0.2, 0.25) is 0 Å². The van der Waals surface area contributed by atoms with E-state index in [9.17, 15) is 9.59 Å². The Bertz CT molecular complexity index is 368. The van der Waals surface area contributed by atoms with E-state index in [-0.39, 0.29) is 0 Å². The molecule has 0 bridgehead atoms. The molecule has 0 heterocycles. The molecule has 0 aromatic carbocycles. The number of ketones is 2. The molecule has 0 saturated carbocycles. The number of Topliss-reactive ketones (excluding diaryl/α,β-unsaturated/α-hetero) is 2. The molecule has 0 atom stereocenters. The van der Waals surface area contributed by atoms with Crippen molar-refractivity contribution in [3.05, 3.63) is 0 Å². The molecule has 0 saturated heterocycles. The summed E-state index contributed by atoms with van der Waals surface area (Å²) in [6.07, 6.45) is 14.3. The molecule has 0 N–H and O–H groups in total. The van der Waals surface area contributed by atoms with Crippen molar-refractivity contribution in [2.24, 2.45) is 0 Å². The van der Waals surface area contributed by atoms with E-state index in [1.807, 2.05) is 0 Å². The second kappa shape index (κ2) is 14.7. The third-order valence-corrected chi connectivity index (χ3v) is 8.72. The highest BCUT2D eigenvalue weighted by Gasteiger charge is 2.15. The Kier molecular flexibility index (Phi) is 14.6. The molecule has 0 aliphatic heterocycles. The van der Waals surface area contributed by atoms with E-state index in [4.69, 9.17) is 0 Å². The largest absolute Gasteiger partial charge is 0.300 e. The maximum absolute atomic E-state index is 11.9. The Balaban J connectivity index is 3.34. The number of carbonyl (C=O) groups excluding carboxylic acids is 2. The fourth-order valence-corrected chi connectivity index (χ4v) is 5.22. The first-order valence-electron chi connectivity index (χ1n) is 11.5. The van der Waals surface area contributed by atoms with Crippen LogP contribution in [0.25, 0.3) is 0 Å². The minimum absolute atomic E-state index is 0.483. The van der Waals surface area contributed by atoms with E-state index in [1.54, 1.807) is 0 Å². The van der Waals surface area contributed by atoms with Gasteiger partial charge < -0.3 is 0 Å². The van der Waals surface area contributed by atoms with Crippen molar-refractivity contribution in [3.8, 4) is 0 Å². The molecule has 4 heteroatoms. The standard InChI is InChI=1S/C23H48O2Si2/c1-26(2,3)20-18-22(24)16-14-12-10-8-7-9-11-13-15-17-23(25)19-21-27(4,5)6/h7-21H2,1-6H3. The summed E-state index contributed by atoms with van der Waals surface area (Å²) < 4.78 is 0. The molecule has 0 rings (SSSR count). The molecule has 27 heavy (non-hydrogen) atoms. The zero-order chi connectivity index (χ0) is 20.8. The predicted octanol–water partition coefficient (Wildman–Crippen LogP) is 7.87. The molecule has 0 aromatic heterocycles. The quantitative estimate of drug-likeness (QED) is 0.169. The third kappa shape index (κ3) is 21.9. The van der Waals surface area contributed by atoms with Crippen LogP contribution in [0.1, 0.15) is 83.5 Å². The molecule has 0 amide bonds. The molecule has 0 aliphatic rings. The highest BCUT2D eigenvalue weighted by Crippen LogP contribution is 2.16. The lowest BCUT2D eigenvalue weighted by molar-refractivity contribution is -0.119. The minimum Gasteiger partial charge on any atom is -0.300 e. The summed E-state index contributed by atoms with van der Waals surface area (Å²) >= 11 is 0. The Morgan fingerprint density at radius 3 is 0.963 bits per heavy atom. The normalized spacial score (nSPS) is 12.4. The van der Waals surface area contributed by atoms with Crippen molar-refractivity contribution in [3.63, 3.8) is 0 Å². The van der Waals surface area contributed by atoms with Crippen molar-refractivity contribution >= 4 is 27.7 Å². The van der Waals surface area contributed by atoms with Crippen LogP contribution in [-0.2, 0) is 9.59 Å². The van der Waals surface area contributed by atoms with Crippen LogP contribution in [0.5, 0.6) is 0 Å². The van der Waals surface area contributed by atoms with E-state index in [0.717, 1.165) is 50.6 Å². The summed E-state index contributed by atoms with van der Waals surface area (Å²) in [5, 5.41) is 0. The van der Waals surface area contributed by atoms with Gasteiger partial charge in [-0.1, -0.05) is 96.3 Å². The van der Waals surface area contributed by atoms with Crippen LogP contribution < -0.4 is 0 Å². The summed E-state index contributed by atoms with van der Waals surface area (Å²) in [4.78, 5) is 23.7. The van der Waals surface area contributed by atoms with Gasteiger partial charge >= 0.3 is 0 Å². The van der Waals surface area contributed by atoms with Gasteiger partial charge in [0.1, 0.15) is 11.6 Å². The van der Waals surface area contributed by atoms with Crippen molar-refractivity contribution in [1.29, 1.82) is 0 Å². The molecule has 0 unspecified atom stereocenters. The molecule has 160 valence electrons. The van der Waals surface area contributed by atoms with Gasteiger partial charge in [-0.3, -0.25) is 9.59 Å².